The average Bonchev–Trinajstić information content (AvgIpc) is 3.03. The van der Waals surface area contributed by atoms with Gasteiger partial charge in [-0.2, -0.15) is 5.10 Å². The van der Waals surface area contributed by atoms with Gasteiger partial charge in [0.25, 0.3) is 0 Å². The van der Waals surface area contributed by atoms with Crippen molar-refractivity contribution in [3.63, 3.8) is 0 Å². The summed E-state index contributed by atoms with van der Waals surface area (Å²) >= 11 is 0. The Morgan fingerprint density at radius 2 is 2.05 bits per heavy atom. The number of halogens is 1. The minimum absolute atomic E-state index is 0. The highest BCUT2D eigenvalue weighted by molar-refractivity contribution is 5.87. The maximum absolute atomic E-state index is 12.6. The van der Waals surface area contributed by atoms with E-state index >= 15 is 0 Å². The van der Waals surface area contributed by atoms with Crippen LogP contribution in [0.4, 0.5) is 0 Å². The van der Waals surface area contributed by atoms with E-state index in [1.165, 1.54) is 12.8 Å². The molecule has 2 aromatic rings. The number of aromatic nitrogens is 2. The molecule has 5 nitrogen and oxygen atoms in total. The lowest BCUT2D eigenvalue weighted by molar-refractivity contribution is -0.130. The molecule has 2 fully saturated rings. The highest BCUT2D eigenvalue weighted by Crippen LogP contribution is 2.22. The smallest absolute Gasteiger partial charge is 0.228 e. The molecule has 6 heteroatoms. The highest BCUT2D eigenvalue weighted by Gasteiger charge is 2.31. The molecule has 2 aliphatic rings. The van der Waals surface area contributed by atoms with Crippen LogP contribution in [0.5, 0.6) is 0 Å². The van der Waals surface area contributed by atoms with E-state index in [1.54, 1.807) is 0 Å². The molecule has 118 valence electrons. The first-order chi connectivity index (χ1) is 10.3. The van der Waals surface area contributed by atoms with Gasteiger partial charge in [0.2, 0.25) is 5.91 Å². The van der Waals surface area contributed by atoms with Crippen LogP contribution < -0.4 is 5.32 Å². The summed E-state index contributed by atoms with van der Waals surface area (Å²) in [6.45, 7) is 1.72. The van der Waals surface area contributed by atoms with Crippen LogP contribution in [0.1, 0.15) is 25.0 Å². The fraction of sp³-hybridized carbons (Fsp3) is 0.500. The average molecular weight is 321 g/mol. The van der Waals surface area contributed by atoms with Gasteiger partial charge in [-0.05, 0) is 25.3 Å². The molecule has 4 rings (SSSR count). The van der Waals surface area contributed by atoms with Crippen LogP contribution in [-0.4, -0.2) is 46.2 Å². The first-order valence-corrected chi connectivity index (χ1v) is 7.75. The van der Waals surface area contributed by atoms with Crippen LogP contribution in [0.25, 0.3) is 10.9 Å². The summed E-state index contributed by atoms with van der Waals surface area (Å²) in [5.41, 5.74) is 1.86. The number of hydrogen-bond acceptors (Lipinski definition) is 3. The van der Waals surface area contributed by atoms with E-state index in [2.05, 4.69) is 15.5 Å². The van der Waals surface area contributed by atoms with E-state index in [0.29, 0.717) is 18.5 Å². The number of carbonyl (C=O) groups is 1. The fourth-order valence-corrected chi connectivity index (χ4v) is 3.58. The fourth-order valence-electron chi connectivity index (χ4n) is 3.58. The number of nitrogens with one attached hydrogen (secondary N) is 2. The third kappa shape index (κ3) is 2.83. The van der Waals surface area contributed by atoms with Gasteiger partial charge in [-0.15, -0.1) is 12.4 Å². The molecule has 0 spiro atoms. The Labute approximate surface area is 135 Å². The number of H-pyrrole nitrogens is 1. The number of likely N-dealkylation sites (tertiary alicyclic amines) is 1. The molecule has 1 amide bonds. The van der Waals surface area contributed by atoms with E-state index in [1.807, 2.05) is 29.2 Å². The number of rotatable bonds is 2. The number of para-hydroxylation sites is 1. The van der Waals surface area contributed by atoms with Gasteiger partial charge in [-0.25, -0.2) is 0 Å². The highest BCUT2D eigenvalue weighted by atomic mass is 35.5. The molecule has 2 aliphatic heterocycles. The zero-order valence-electron chi connectivity index (χ0n) is 12.4. The molecular formula is C16H21ClN4O. The van der Waals surface area contributed by atoms with Crippen molar-refractivity contribution in [2.45, 2.75) is 37.8 Å². The van der Waals surface area contributed by atoms with E-state index in [0.717, 1.165) is 36.1 Å². The Morgan fingerprint density at radius 1 is 1.23 bits per heavy atom. The number of hydrogen-bond donors (Lipinski definition) is 2. The van der Waals surface area contributed by atoms with Crippen molar-refractivity contribution in [1.82, 2.24) is 20.4 Å². The standard InChI is InChI=1S/C16H20N4O.ClH/c21-16(20-8-7-11-5-6-12(10-20)17-11)9-15-13-3-1-2-4-14(13)18-19-15;/h1-4,11-12,17H,5-10H2,(H,18,19);1H. The largest absolute Gasteiger partial charge is 0.341 e. The van der Waals surface area contributed by atoms with Crippen molar-refractivity contribution in [1.29, 1.82) is 0 Å². The van der Waals surface area contributed by atoms with Crippen LogP contribution in [0, 0.1) is 0 Å². The summed E-state index contributed by atoms with van der Waals surface area (Å²) in [6.07, 6.45) is 3.95. The molecule has 0 saturated carbocycles. The Hall–Kier alpha value is -1.59. The zero-order valence-corrected chi connectivity index (χ0v) is 13.2. The van der Waals surface area contributed by atoms with Crippen LogP contribution in [0.15, 0.2) is 24.3 Å². The van der Waals surface area contributed by atoms with E-state index in [4.69, 9.17) is 0 Å². The monoisotopic (exact) mass is 320 g/mol. The van der Waals surface area contributed by atoms with Gasteiger partial charge in [-0.1, -0.05) is 18.2 Å². The predicted molar refractivity (Wildman–Crippen MR) is 88.2 cm³/mol. The number of aromatic amines is 1. The molecular weight excluding hydrogens is 300 g/mol. The van der Waals surface area contributed by atoms with Gasteiger partial charge in [0.15, 0.2) is 0 Å². The number of carbonyl (C=O) groups excluding carboxylic acids is 1. The number of fused-ring (bicyclic) bond motifs is 3. The molecule has 2 bridgehead atoms. The number of nitrogens with zero attached hydrogens (tertiary/aromatic N) is 2. The van der Waals surface area contributed by atoms with Gasteiger partial charge >= 0.3 is 0 Å². The van der Waals surface area contributed by atoms with Crippen LogP contribution in [0.3, 0.4) is 0 Å². The van der Waals surface area contributed by atoms with Crippen molar-refractivity contribution in [3.8, 4) is 0 Å². The zero-order chi connectivity index (χ0) is 14.2. The second-order valence-corrected chi connectivity index (χ2v) is 6.16. The van der Waals surface area contributed by atoms with Crippen molar-refractivity contribution < 1.29 is 4.79 Å². The van der Waals surface area contributed by atoms with Crippen LogP contribution in [-0.2, 0) is 11.2 Å². The second kappa shape index (κ2) is 6.26. The first-order valence-electron chi connectivity index (χ1n) is 7.75. The summed E-state index contributed by atoms with van der Waals surface area (Å²) in [6, 6.07) is 9.04. The molecule has 2 unspecified atom stereocenters. The van der Waals surface area contributed by atoms with E-state index in [9.17, 15) is 4.79 Å². The van der Waals surface area contributed by atoms with E-state index < -0.39 is 0 Å². The Kier molecular flexibility index (Phi) is 4.36. The van der Waals surface area contributed by atoms with Gasteiger partial charge in [0, 0.05) is 30.6 Å². The van der Waals surface area contributed by atoms with Gasteiger partial charge in [0.1, 0.15) is 0 Å². The Bertz CT molecular complexity index is 671. The molecule has 1 aromatic heterocycles. The molecule has 3 heterocycles. The molecule has 2 N–H and O–H groups in total. The van der Waals surface area contributed by atoms with Crippen LogP contribution in [0.2, 0.25) is 0 Å². The Morgan fingerprint density at radius 3 is 2.95 bits per heavy atom. The van der Waals surface area contributed by atoms with Crippen molar-refractivity contribution in [2.75, 3.05) is 13.1 Å². The van der Waals surface area contributed by atoms with Gasteiger partial charge < -0.3 is 10.2 Å². The summed E-state index contributed by atoms with van der Waals surface area (Å²) in [5.74, 6) is 0.207. The van der Waals surface area contributed by atoms with Gasteiger partial charge in [0.05, 0.1) is 17.6 Å². The number of benzene rings is 1. The molecule has 1 aromatic carbocycles. The van der Waals surface area contributed by atoms with E-state index in [-0.39, 0.29) is 18.3 Å². The first kappa shape index (κ1) is 15.3. The second-order valence-electron chi connectivity index (χ2n) is 6.16. The van der Waals surface area contributed by atoms with Crippen molar-refractivity contribution in [3.05, 3.63) is 30.0 Å². The molecule has 0 radical (unpaired) electrons. The summed E-state index contributed by atoms with van der Waals surface area (Å²) < 4.78 is 0. The van der Waals surface area contributed by atoms with Crippen LogP contribution >= 0.6 is 12.4 Å². The molecule has 0 aliphatic carbocycles. The minimum Gasteiger partial charge on any atom is -0.341 e. The predicted octanol–water partition coefficient (Wildman–Crippen LogP) is 1.88. The van der Waals surface area contributed by atoms with Crippen molar-refractivity contribution >= 4 is 29.2 Å². The summed E-state index contributed by atoms with van der Waals surface area (Å²) in [7, 11) is 0. The topological polar surface area (TPSA) is 61.0 Å². The summed E-state index contributed by atoms with van der Waals surface area (Å²) in [4.78, 5) is 14.6. The quantitative estimate of drug-likeness (QED) is 0.888. The summed E-state index contributed by atoms with van der Waals surface area (Å²) in [5, 5.41) is 12.0. The molecule has 2 saturated heterocycles. The normalized spacial score (nSPS) is 24.1. The van der Waals surface area contributed by atoms with Gasteiger partial charge in [-0.3, -0.25) is 9.89 Å². The Balaban J connectivity index is 0.00000144. The van der Waals surface area contributed by atoms with Crippen molar-refractivity contribution in [2.24, 2.45) is 0 Å². The lowest BCUT2D eigenvalue weighted by Crippen LogP contribution is -2.39. The molecule has 22 heavy (non-hydrogen) atoms. The minimum atomic E-state index is 0. The molecule has 2 atom stereocenters. The third-order valence-electron chi connectivity index (χ3n) is 4.74. The third-order valence-corrected chi connectivity index (χ3v) is 4.74. The maximum atomic E-state index is 12.6. The lowest BCUT2D eigenvalue weighted by Gasteiger charge is -2.24. The SMILES string of the molecule is Cl.O=C(Cc1[nH]nc2ccccc12)N1CCC2CCC(C1)N2. The lowest BCUT2D eigenvalue weighted by atomic mass is 10.1. The number of amides is 1. The maximum Gasteiger partial charge on any atom is 0.228 e.